The summed E-state index contributed by atoms with van der Waals surface area (Å²) < 4.78 is 72.8. The summed E-state index contributed by atoms with van der Waals surface area (Å²) in [5.74, 6) is 7.06. The lowest BCUT2D eigenvalue weighted by Crippen LogP contribution is -2.16. The normalized spacial score (nSPS) is 11.5. The van der Waals surface area contributed by atoms with E-state index in [2.05, 4.69) is 94.1 Å². The van der Waals surface area contributed by atoms with E-state index in [9.17, 15) is 13.2 Å². The van der Waals surface area contributed by atoms with Crippen molar-refractivity contribution in [3.05, 3.63) is 241 Å². The Morgan fingerprint density at radius 3 is 1.20 bits per heavy atom. The first-order valence-electron chi connectivity index (χ1n) is 47.3. The number of oxazole rings is 1. The van der Waals surface area contributed by atoms with Gasteiger partial charge in [-0.05, 0) is 204 Å². The van der Waals surface area contributed by atoms with Crippen molar-refractivity contribution in [2.75, 3.05) is 13.9 Å². The number of para-hydroxylation sites is 8. The number of aryl methyl sites for hydroxylation is 6. The molecule has 30 nitrogen and oxygen atoms in total. The molecule has 0 bridgehead atoms. The topological polar surface area (TPSA) is 427 Å². The van der Waals surface area contributed by atoms with Gasteiger partial charge in [-0.25, -0.2) is 34.9 Å². The fourth-order valence-corrected chi connectivity index (χ4v) is 16.8. The molecule has 9 aromatic carbocycles. The van der Waals surface area contributed by atoms with E-state index in [1.165, 1.54) is 30.1 Å². The molecule has 0 aliphatic carbocycles. The molecule has 7 aromatic heterocycles. The smallest absolute Gasteiger partial charge is 0.451 e. The molecule has 0 spiro atoms. The molecule has 40 heteroatoms. The Labute approximate surface area is 811 Å². The van der Waals surface area contributed by atoms with Crippen LogP contribution in [0.2, 0.25) is 42.9 Å². The number of nitrogens with zero attached hydrogens (tertiary/aromatic N) is 14. The Balaban J connectivity index is 0.000000150. The van der Waals surface area contributed by atoms with Gasteiger partial charge in [0, 0.05) is 66.9 Å². The van der Waals surface area contributed by atoms with Crippen molar-refractivity contribution >= 4 is 121 Å². The zero-order chi connectivity index (χ0) is 98.7. The van der Waals surface area contributed by atoms with Crippen LogP contribution in [0.25, 0.3) is 112 Å². The highest BCUT2D eigenvalue weighted by Gasteiger charge is 2.38. The van der Waals surface area contributed by atoms with Crippen molar-refractivity contribution in [1.82, 2.24) is 62.3 Å². The maximum absolute atomic E-state index is 13.0. The summed E-state index contributed by atoms with van der Waals surface area (Å²) in [6, 6.07) is 68.5. The summed E-state index contributed by atoms with van der Waals surface area (Å²) in [5.41, 5.74) is 14.5. The van der Waals surface area contributed by atoms with E-state index in [4.69, 9.17) is 116 Å². The highest BCUT2D eigenvalue weighted by molar-refractivity contribution is 6.42. The number of alkyl halides is 3. The zero-order valence-corrected chi connectivity index (χ0v) is 79.1. The number of hydrogen-bond acceptors (Lipinski definition) is 24. The number of fused-ring (bicyclic) bond motifs is 7. The molecule has 0 radical (unpaired) electrons. The number of hydrogen-bond donors (Lipinski definition) is 12. The quantitative estimate of drug-likeness (QED) is 0.0125. The van der Waals surface area contributed by atoms with Crippen LogP contribution < -0.4 is 14.2 Å². The summed E-state index contributed by atoms with van der Waals surface area (Å²) in [4.78, 5) is 31.3. The molecule has 0 saturated heterocycles. The zero-order valence-electron chi connectivity index (χ0n) is 78.3. The molecular weight excluding hydrogens is 1800 g/mol. The van der Waals surface area contributed by atoms with Gasteiger partial charge in [0.1, 0.15) is 29.0 Å². The van der Waals surface area contributed by atoms with Crippen molar-refractivity contribution in [1.29, 1.82) is 5.26 Å². The predicted molar refractivity (Wildman–Crippen MR) is 540 cm³/mol. The highest BCUT2D eigenvalue weighted by atomic mass is 35.5. The fourth-order valence-electron chi connectivity index (χ4n) is 16.7. The molecule has 1 aliphatic heterocycles. The Hall–Kier alpha value is -12.1. The Morgan fingerprint density at radius 1 is 0.381 bits per heavy atom. The third-order valence-corrected chi connectivity index (χ3v) is 23.7. The monoisotopic (exact) mass is 1920 g/mol. The van der Waals surface area contributed by atoms with E-state index in [1.54, 1.807) is 25.4 Å². The molecule has 0 unspecified atom stereocenters. The predicted octanol–water partition coefficient (Wildman–Crippen LogP) is 17.7. The molecule has 0 saturated carbocycles. The standard InChI is InChI=1S/C20H22BN3O3.C19H21BN2O4.C18H21BN2O2.C15H18BN3O3.C15H23BN2O2.C12H13BClF3N2O2/c1-27-17-8-6-16(7-9-17)20-23-18-13-15(14-22)5-10-19(18)24(20)12-4-2-3-11-21(25)26;23-20(24)10-4-1-5-11-22-16-7-3-2-6-15(16)21-19(22)14-8-9-17-18(12-14)26-13-25-17;22-19(23)13-7-2-8-14-21-17-12-6-5-11-16(17)20-18(21)15-9-3-1-4-10-15;20-16(21)8-4-1-5-9-19-13-7-3-2-6-12(13)18-15(19)14-10-17-11-22-14;1-12(2)15-17-13-8-4-5-9-14(13)18(15)11-7-3-6-10-16(19)20;14-8-3-4-10-9(7-8)18-11(12(15,16)17)19(10)6-2-1-5-13(20)21/h5-10,13,25-26H,2-4,11-12H2,1H3;2-3,6-9,12,23-24H,1,4-5,10-11,13H2;1,3-6,9-12,22-23H,2,7-8,13-14H2;2-3,6-7,10-11,20-21H,1,4-5,8-9H2;4-5,8-9,12,19-20H,3,6-7,10-11H2,1-2H3;3-4,7,20-21H,1-2,5-6H2. The molecule has 0 amide bonds. The van der Waals surface area contributed by atoms with Crippen LogP contribution in [0.15, 0.2) is 223 Å². The van der Waals surface area contributed by atoms with Gasteiger partial charge >= 0.3 is 48.9 Å². The average molecular weight is 1920 g/mol. The Kier molecular flexibility index (Phi) is 40.6. The summed E-state index contributed by atoms with van der Waals surface area (Å²) in [6.45, 7) is 8.91. The lowest BCUT2D eigenvalue weighted by Gasteiger charge is -2.11. The summed E-state index contributed by atoms with van der Waals surface area (Å²) in [6.07, 6.45) is 15.1. The average Bonchev–Trinajstić information content (AvgIpc) is 1.69. The number of halogens is 4. The number of imidazole rings is 6. The molecule has 0 fully saturated rings. The second-order valence-corrected chi connectivity index (χ2v) is 34.7. The first kappa shape index (κ1) is 106. The van der Waals surface area contributed by atoms with E-state index in [0.29, 0.717) is 72.2 Å². The summed E-state index contributed by atoms with van der Waals surface area (Å²) in [7, 11) is -5.83. The number of methoxy groups -OCH3 is 1. The lowest BCUT2D eigenvalue weighted by atomic mass is 9.83. The molecule has 726 valence electrons. The third kappa shape index (κ3) is 30.7. The number of nitriles is 1. The van der Waals surface area contributed by atoms with E-state index >= 15 is 0 Å². The van der Waals surface area contributed by atoms with E-state index < -0.39 is 54.7 Å². The molecule has 16 aromatic rings. The second-order valence-electron chi connectivity index (χ2n) is 34.3. The number of aromatic nitrogens is 13. The first-order valence-corrected chi connectivity index (χ1v) is 47.7. The van der Waals surface area contributed by atoms with E-state index in [-0.39, 0.29) is 25.2 Å². The van der Waals surface area contributed by atoms with Gasteiger partial charge < -0.3 is 106 Å². The largest absolute Gasteiger partial charge is 0.497 e. The SMILES string of the molecule is CC(C)c1nc2ccccc2n1CCCCCB(O)O.COc1ccc(-c2nc3cc(C#N)ccc3n2CCCCCB(O)O)cc1.OB(O)CCCCCn1c(-c2ccc3c(c2)OCO3)nc2ccccc21.OB(O)CCCCCn1c(-c2ccccc2)nc2ccccc21.OB(O)CCCCCn1c(-c2cnco2)nc2ccccc21.OB(O)CCCCn1c(C(F)(F)F)nc2cc(Cl)ccc21. The Bertz CT molecular complexity index is 6520. The van der Waals surface area contributed by atoms with Crippen LogP contribution in [0.1, 0.15) is 146 Å². The molecule has 0 atom stereocenters. The highest BCUT2D eigenvalue weighted by Crippen LogP contribution is 2.39. The molecule has 8 heterocycles. The fraction of sp³-hybridized carbons (Fsp3) is 0.354. The van der Waals surface area contributed by atoms with Crippen LogP contribution in [0.5, 0.6) is 17.2 Å². The molecule has 139 heavy (non-hydrogen) atoms. The van der Waals surface area contributed by atoms with Crippen LogP contribution in [-0.4, -0.2) is 179 Å². The van der Waals surface area contributed by atoms with Crippen molar-refractivity contribution in [3.63, 3.8) is 0 Å². The van der Waals surface area contributed by atoms with Crippen LogP contribution in [0.4, 0.5) is 13.2 Å². The van der Waals surface area contributed by atoms with Crippen molar-refractivity contribution in [2.45, 2.75) is 212 Å². The van der Waals surface area contributed by atoms with Crippen molar-refractivity contribution in [2.24, 2.45) is 0 Å². The lowest BCUT2D eigenvalue weighted by molar-refractivity contribution is -0.147. The minimum absolute atomic E-state index is 0.0969. The first-order chi connectivity index (χ1) is 67.2. The maximum Gasteiger partial charge on any atom is 0.451 e. The van der Waals surface area contributed by atoms with Crippen LogP contribution in [-0.2, 0) is 45.4 Å². The van der Waals surface area contributed by atoms with Gasteiger partial charge in [0.05, 0.1) is 91.1 Å². The van der Waals surface area contributed by atoms with Gasteiger partial charge in [-0.3, -0.25) is 0 Å². The van der Waals surface area contributed by atoms with Gasteiger partial charge in [-0.1, -0.05) is 175 Å². The molecule has 12 N–H and O–H groups in total. The van der Waals surface area contributed by atoms with E-state index in [1.807, 2.05) is 140 Å². The van der Waals surface area contributed by atoms with Gasteiger partial charge in [-0.15, -0.1) is 0 Å². The number of unbranched alkanes of at least 4 members (excludes halogenated alkanes) is 11. The summed E-state index contributed by atoms with van der Waals surface area (Å²) >= 11 is 5.77. The van der Waals surface area contributed by atoms with Crippen LogP contribution in [0.3, 0.4) is 0 Å². The third-order valence-electron chi connectivity index (χ3n) is 23.5. The number of benzene rings is 9. The second kappa shape index (κ2) is 53.3. The summed E-state index contributed by atoms with van der Waals surface area (Å²) in [5, 5.41) is 116. The number of ether oxygens (including phenoxy) is 3. The minimum Gasteiger partial charge on any atom is -0.497 e. The minimum atomic E-state index is -4.55. The maximum atomic E-state index is 13.0. The van der Waals surface area contributed by atoms with Crippen LogP contribution in [0, 0.1) is 11.3 Å². The van der Waals surface area contributed by atoms with E-state index in [0.717, 1.165) is 246 Å². The molecule has 17 rings (SSSR count). The Morgan fingerprint density at radius 2 is 0.748 bits per heavy atom. The van der Waals surface area contributed by atoms with Crippen molar-refractivity contribution in [3.8, 4) is 69.1 Å². The molecular formula is C99H118B6ClF3N14O16. The van der Waals surface area contributed by atoms with Crippen LogP contribution >= 0.6 is 11.6 Å². The molecule has 1 aliphatic rings. The number of rotatable bonds is 41. The van der Waals surface area contributed by atoms with Gasteiger partial charge in [0.2, 0.25) is 12.6 Å². The van der Waals surface area contributed by atoms with Gasteiger partial charge in [0.25, 0.3) is 0 Å². The van der Waals surface area contributed by atoms with Gasteiger partial charge in [0.15, 0.2) is 29.5 Å². The van der Waals surface area contributed by atoms with Gasteiger partial charge in [-0.2, -0.15) is 18.4 Å². The van der Waals surface area contributed by atoms with Crippen molar-refractivity contribution < 1.29 is 92.1 Å².